The Hall–Kier alpha value is -1.65. The Morgan fingerprint density at radius 3 is 2.65 bits per heavy atom. The van der Waals surface area contributed by atoms with E-state index >= 15 is 0 Å². The molecule has 0 aliphatic heterocycles. The van der Waals surface area contributed by atoms with Crippen LogP contribution in [0.3, 0.4) is 0 Å². The highest BCUT2D eigenvalue weighted by Gasteiger charge is 2.06. The molecule has 0 unspecified atom stereocenters. The molecule has 0 aliphatic rings. The van der Waals surface area contributed by atoms with E-state index in [1.807, 2.05) is 36.2 Å². The van der Waals surface area contributed by atoms with E-state index in [1.165, 1.54) is 0 Å². The van der Waals surface area contributed by atoms with Gasteiger partial charge in [-0.15, -0.1) is 0 Å². The molecule has 0 aliphatic carbocycles. The van der Waals surface area contributed by atoms with E-state index in [-0.39, 0.29) is 0 Å². The fourth-order valence-electron chi connectivity index (χ4n) is 1.49. The highest BCUT2D eigenvalue weighted by molar-refractivity contribution is 6.30. The van der Waals surface area contributed by atoms with Crippen LogP contribution in [0.1, 0.15) is 5.56 Å². The maximum atomic E-state index is 5.75. The van der Waals surface area contributed by atoms with Gasteiger partial charge < -0.3 is 10.6 Å². The molecule has 0 saturated carbocycles. The van der Waals surface area contributed by atoms with Gasteiger partial charge in [-0.3, -0.25) is 0 Å². The first-order valence-corrected chi connectivity index (χ1v) is 5.59. The highest BCUT2D eigenvalue weighted by atomic mass is 35.5. The summed E-state index contributed by atoms with van der Waals surface area (Å²) in [4.78, 5) is 10.2. The minimum atomic E-state index is 0.517. The lowest BCUT2D eigenvalue weighted by atomic mass is 10.2. The Morgan fingerprint density at radius 1 is 1.29 bits per heavy atom. The Kier molecular flexibility index (Phi) is 3.56. The average Bonchev–Trinajstić information content (AvgIpc) is 2.39. The van der Waals surface area contributed by atoms with Gasteiger partial charge in [-0.05, 0) is 17.7 Å². The van der Waals surface area contributed by atoms with Crippen LogP contribution in [0, 0.1) is 0 Å². The van der Waals surface area contributed by atoms with Gasteiger partial charge in [0.05, 0.1) is 17.4 Å². The molecular formula is C12H13ClN4. The third-order valence-corrected chi connectivity index (χ3v) is 2.64. The van der Waals surface area contributed by atoms with Gasteiger partial charge in [-0.2, -0.15) is 0 Å². The predicted octanol–water partition coefficient (Wildman–Crippen LogP) is 2.36. The molecule has 0 atom stereocenters. The summed E-state index contributed by atoms with van der Waals surface area (Å²) in [6.07, 6.45) is 3.15. The SMILES string of the molecule is CN(c1cccc(CN)c1)c1ncc(Cl)cn1. The van der Waals surface area contributed by atoms with Gasteiger partial charge in [0.2, 0.25) is 5.95 Å². The van der Waals surface area contributed by atoms with Crippen LogP contribution in [0.15, 0.2) is 36.7 Å². The summed E-state index contributed by atoms with van der Waals surface area (Å²) in [5, 5.41) is 0.526. The average molecular weight is 249 g/mol. The van der Waals surface area contributed by atoms with E-state index in [2.05, 4.69) is 9.97 Å². The van der Waals surface area contributed by atoms with Gasteiger partial charge >= 0.3 is 0 Å². The number of anilines is 2. The number of benzene rings is 1. The number of hydrogen-bond acceptors (Lipinski definition) is 4. The molecule has 0 saturated heterocycles. The van der Waals surface area contributed by atoms with Gasteiger partial charge in [-0.25, -0.2) is 9.97 Å². The van der Waals surface area contributed by atoms with Gasteiger partial charge in [0.15, 0.2) is 0 Å². The van der Waals surface area contributed by atoms with Crippen molar-refractivity contribution in [1.82, 2.24) is 9.97 Å². The Labute approximate surface area is 105 Å². The number of nitrogens with two attached hydrogens (primary N) is 1. The second-order valence-electron chi connectivity index (χ2n) is 3.63. The van der Waals surface area contributed by atoms with Crippen LogP contribution in [0.5, 0.6) is 0 Å². The van der Waals surface area contributed by atoms with E-state index in [1.54, 1.807) is 12.4 Å². The van der Waals surface area contributed by atoms with Crippen LogP contribution in [-0.2, 0) is 6.54 Å². The van der Waals surface area contributed by atoms with Gasteiger partial charge in [-0.1, -0.05) is 23.7 Å². The molecule has 0 spiro atoms. The molecule has 2 N–H and O–H groups in total. The second kappa shape index (κ2) is 5.12. The van der Waals surface area contributed by atoms with Crippen LogP contribution < -0.4 is 10.6 Å². The van der Waals surface area contributed by atoms with Crippen molar-refractivity contribution in [3.8, 4) is 0 Å². The Bertz CT molecular complexity index is 498. The maximum absolute atomic E-state index is 5.75. The first-order chi connectivity index (χ1) is 8.20. The minimum Gasteiger partial charge on any atom is -0.326 e. The summed E-state index contributed by atoms with van der Waals surface area (Å²) in [5.41, 5.74) is 7.68. The zero-order chi connectivity index (χ0) is 12.3. The predicted molar refractivity (Wildman–Crippen MR) is 69.4 cm³/mol. The van der Waals surface area contributed by atoms with E-state index in [4.69, 9.17) is 17.3 Å². The molecule has 0 bridgehead atoms. The minimum absolute atomic E-state index is 0.517. The fourth-order valence-corrected chi connectivity index (χ4v) is 1.58. The number of halogens is 1. The van der Waals surface area contributed by atoms with E-state index < -0.39 is 0 Å². The number of rotatable bonds is 3. The molecule has 5 heteroatoms. The molecule has 1 aromatic heterocycles. The summed E-state index contributed by atoms with van der Waals surface area (Å²) < 4.78 is 0. The molecule has 0 radical (unpaired) electrons. The molecule has 4 nitrogen and oxygen atoms in total. The monoisotopic (exact) mass is 248 g/mol. The molecule has 88 valence electrons. The zero-order valence-corrected chi connectivity index (χ0v) is 10.2. The quantitative estimate of drug-likeness (QED) is 0.906. The van der Waals surface area contributed by atoms with Crippen molar-refractivity contribution in [2.75, 3.05) is 11.9 Å². The Balaban J connectivity index is 2.29. The molecular weight excluding hydrogens is 236 g/mol. The van der Waals surface area contributed by atoms with Crippen molar-refractivity contribution in [2.45, 2.75) is 6.54 Å². The van der Waals surface area contributed by atoms with Crippen LogP contribution in [0.2, 0.25) is 5.02 Å². The van der Waals surface area contributed by atoms with Crippen LogP contribution >= 0.6 is 11.6 Å². The third-order valence-electron chi connectivity index (χ3n) is 2.44. The summed E-state index contributed by atoms with van der Waals surface area (Å²) in [7, 11) is 1.90. The number of nitrogens with zero attached hydrogens (tertiary/aromatic N) is 3. The molecule has 1 aromatic carbocycles. The van der Waals surface area contributed by atoms with Crippen LogP contribution in [0.4, 0.5) is 11.6 Å². The van der Waals surface area contributed by atoms with Crippen molar-refractivity contribution in [1.29, 1.82) is 0 Å². The van der Waals surface area contributed by atoms with Crippen molar-refractivity contribution in [3.05, 3.63) is 47.2 Å². The molecule has 17 heavy (non-hydrogen) atoms. The zero-order valence-electron chi connectivity index (χ0n) is 9.47. The number of hydrogen-bond donors (Lipinski definition) is 1. The van der Waals surface area contributed by atoms with Crippen molar-refractivity contribution >= 4 is 23.2 Å². The summed E-state index contributed by atoms with van der Waals surface area (Å²) >= 11 is 5.75. The summed E-state index contributed by atoms with van der Waals surface area (Å²) in [6, 6.07) is 7.94. The highest BCUT2D eigenvalue weighted by Crippen LogP contribution is 2.21. The lowest BCUT2D eigenvalue weighted by molar-refractivity contribution is 1.03. The first kappa shape index (κ1) is 11.8. The van der Waals surface area contributed by atoms with Crippen LogP contribution in [0.25, 0.3) is 0 Å². The maximum Gasteiger partial charge on any atom is 0.229 e. The number of aromatic nitrogens is 2. The van der Waals surface area contributed by atoms with Crippen molar-refractivity contribution < 1.29 is 0 Å². The van der Waals surface area contributed by atoms with Crippen LogP contribution in [-0.4, -0.2) is 17.0 Å². The normalized spacial score (nSPS) is 10.3. The van der Waals surface area contributed by atoms with Gasteiger partial charge in [0.1, 0.15) is 0 Å². The third kappa shape index (κ3) is 2.72. The molecule has 2 aromatic rings. The molecule has 0 amide bonds. The summed E-state index contributed by atoms with van der Waals surface area (Å²) in [5.74, 6) is 0.601. The second-order valence-corrected chi connectivity index (χ2v) is 4.07. The topological polar surface area (TPSA) is 55.0 Å². The molecule has 0 fully saturated rings. The van der Waals surface area contributed by atoms with E-state index in [0.717, 1.165) is 11.3 Å². The lowest BCUT2D eigenvalue weighted by Gasteiger charge is -2.17. The standard InChI is InChI=1S/C12H13ClN4/c1-17(12-15-7-10(13)8-16-12)11-4-2-3-9(5-11)6-14/h2-5,7-8H,6,14H2,1H3. The van der Waals surface area contributed by atoms with Gasteiger partial charge in [0.25, 0.3) is 0 Å². The molecule has 2 rings (SSSR count). The van der Waals surface area contributed by atoms with Gasteiger partial charge in [0, 0.05) is 19.3 Å². The largest absolute Gasteiger partial charge is 0.326 e. The molecule has 1 heterocycles. The Morgan fingerprint density at radius 2 is 2.00 bits per heavy atom. The summed E-state index contributed by atoms with van der Waals surface area (Å²) in [6.45, 7) is 0.517. The van der Waals surface area contributed by atoms with E-state index in [0.29, 0.717) is 17.5 Å². The smallest absolute Gasteiger partial charge is 0.229 e. The fraction of sp³-hybridized carbons (Fsp3) is 0.167. The van der Waals surface area contributed by atoms with Crippen molar-refractivity contribution in [3.63, 3.8) is 0 Å². The van der Waals surface area contributed by atoms with E-state index in [9.17, 15) is 0 Å². The first-order valence-electron chi connectivity index (χ1n) is 5.21. The van der Waals surface area contributed by atoms with Crippen molar-refractivity contribution in [2.24, 2.45) is 5.73 Å². The lowest BCUT2D eigenvalue weighted by Crippen LogP contribution is -2.13.